The molecule has 1 aromatic carbocycles. The van der Waals surface area contributed by atoms with Gasteiger partial charge < -0.3 is 10.1 Å². The summed E-state index contributed by atoms with van der Waals surface area (Å²) in [7, 11) is 0. The van der Waals surface area contributed by atoms with E-state index in [-0.39, 0.29) is 24.5 Å². The number of carbonyl (C=O) groups is 1. The number of para-hydroxylation sites is 1. The molecule has 4 nitrogen and oxygen atoms in total. The number of nitrogens with zero attached hydrogens (tertiary/aromatic N) is 1. The quantitative estimate of drug-likeness (QED) is 0.861. The Balaban J connectivity index is 0.00000133. The molecule has 1 fully saturated rings. The van der Waals surface area contributed by atoms with Crippen molar-refractivity contribution in [1.29, 1.82) is 0 Å². The summed E-state index contributed by atoms with van der Waals surface area (Å²) in [6.45, 7) is 4.40. The molecule has 0 saturated carbocycles. The number of nitrogens with one attached hydrogen (secondary N) is 1. The van der Waals surface area contributed by atoms with Crippen LogP contribution >= 0.6 is 12.4 Å². The first kappa shape index (κ1) is 14.2. The molecule has 19 heavy (non-hydrogen) atoms. The van der Waals surface area contributed by atoms with E-state index in [1.54, 1.807) is 0 Å². The van der Waals surface area contributed by atoms with E-state index in [1.807, 2.05) is 17.0 Å². The van der Waals surface area contributed by atoms with E-state index in [4.69, 9.17) is 4.74 Å². The molecule has 0 bridgehead atoms. The van der Waals surface area contributed by atoms with E-state index in [2.05, 4.69) is 18.3 Å². The minimum Gasteiger partial charge on any atom is -0.444 e. The van der Waals surface area contributed by atoms with E-state index in [1.165, 1.54) is 0 Å². The smallest absolute Gasteiger partial charge is 0.414 e. The van der Waals surface area contributed by atoms with Crippen LogP contribution in [0.5, 0.6) is 0 Å². The second-order valence-corrected chi connectivity index (χ2v) is 4.99. The zero-order valence-electron chi connectivity index (χ0n) is 11.0. The molecular formula is C14H19ClN2O2. The third-order valence-corrected chi connectivity index (χ3v) is 3.78. The fourth-order valence-corrected chi connectivity index (χ4v) is 2.88. The van der Waals surface area contributed by atoms with E-state index >= 15 is 0 Å². The average molecular weight is 283 g/mol. The summed E-state index contributed by atoms with van der Waals surface area (Å²) in [5, 5.41) is 3.33. The first-order valence-corrected chi connectivity index (χ1v) is 6.52. The number of piperidine rings is 1. The highest BCUT2D eigenvalue weighted by Gasteiger charge is 2.33. The third kappa shape index (κ3) is 2.55. The van der Waals surface area contributed by atoms with Crippen LogP contribution in [0.4, 0.5) is 10.5 Å². The molecule has 0 unspecified atom stereocenters. The van der Waals surface area contributed by atoms with Gasteiger partial charge in [0.25, 0.3) is 0 Å². The summed E-state index contributed by atoms with van der Waals surface area (Å²) >= 11 is 0. The number of carbonyl (C=O) groups excluding carboxylic acids is 1. The van der Waals surface area contributed by atoms with Gasteiger partial charge in [-0.3, -0.25) is 4.90 Å². The summed E-state index contributed by atoms with van der Waals surface area (Å²) in [6, 6.07) is 6.39. The normalized spacial score (nSPS) is 19.4. The molecule has 5 heteroatoms. The molecule has 3 rings (SSSR count). The van der Waals surface area contributed by atoms with Gasteiger partial charge in [-0.25, -0.2) is 4.79 Å². The van der Waals surface area contributed by atoms with Gasteiger partial charge >= 0.3 is 6.09 Å². The first-order chi connectivity index (χ1) is 8.77. The highest BCUT2D eigenvalue weighted by atomic mass is 35.5. The monoisotopic (exact) mass is 282 g/mol. The molecule has 2 heterocycles. The molecule has 1 aromatic rings. The lowest BCUT2D eigenvalue weighted by molar-refractivity contribution is 0.137. The number of rotatable bonds is 1. The fraction of sp³-hybridized carbons (Fsp3) is 0.500. The largest absolute Gasteiger partial charge is 0.444 e. The molecule has 2 aliphatic rings. The Morgan fingerprint density at radius 2 is 2.05 bits per heavy atom. The molecule has 1 saturated heterocycles. The summed E-state index contributed by atoms with van der Waals surface area (Å²) in [6.07, 6.45) is 1.79. The second kappa shape index (κ2) is 5.80. The molecular weight excluding hydrogens is 264 g/mol. The van der Waals surface area contributed by atoms with Crippen molar-refractivity contribution in [2.24, 2.45) is 0 Å². The van der Waals surface area contributed by atoms with Gasteiger partial charge in [-0.05, 0) is 38.4 Å². The first-order valence-electron chi connectivity index (χ1n) is 6.52. The Kier molecular flexibility index (Phi) is 4.32. The maximum Gasteiger partial charge on any atom is 0.414 e. The molecule has 104 valence electrons. The number of halogens is 1. The van der Waals surface area contributed by atoms with Crippen LogP contribution in [0.2, 0.25) is 0 Å². The fourth-order valence-electron chi connectivity index (χ4n) is 2.88. The van der Waals surface area contributed by atoms with Crippen molar-refractivity contribution in [3.05, 3.63) is 29.3 Å². The number of hydrogen-bond acceptors (Lipinski definition) is 3. The second-order valence-electron chi connectivity index (χ2n) is 4.99. The van der Waals surface area contributed by atoms with Crippen LogP contribution in [0, 0.1) is 6.92 Å². The highest BCUT2D eigenvalue weighted by Crippen LogP contribution is 2.33. The van der Waals surface area contributed by atoms with Gasteiger partial charge in [0.2, 0.25) is 0 Å². The number of aryl methyl sites for hydroxylation is 1. The number of benzene rings is 1. The lowest BCUT2D eigenvalue weighted by Crippen LogP contribution is -2.48. The Bertz CT molecular complexity index is 473. The topological polar surface area (TPSA) is 41.6 Å². The van der Waals surface area contributed by atoms with E-state index in [0.29, 0.717) is 6.61 Å². The van der Waals surface area contributed by atoms with Gasteiger partial charge in [-0.1, -0.05) is 18.2 Å². The van der Waals surface area contributed by atoms with Gasteiger partial charge in [0.1, 0.15) is 6.61 Å². The van der Waals surface area contributed by atoms with Crippen LogP contribution in [0.15, 0.2) is 18.2 Å². The Hall–Kier alpha value is -1.26. The minimum atomic E-state index is -0.191. The number of hydrogen-bond donors (Lipinski definition) is 1. The van der Waals surface area contributed by atoms with Crippen molar-refractivity contribution >= 4 is 24.2 Å². The molecule has 0 aliphatic carbocycles. The Morgan fingerprint density at radius 3 is 2.79 bits per heavy atom. The van der Waals surface area contributed by atoms with Gasteiger partial charge in [0.15, 0.2) is 0 Å². The third-order valence-electron chi connectivity index (χ3n) is 3.78. The van der Waals surface area contributed by atoms with Crippen LogP contribution in [-0.4, -0.2) is 25.2 Å². The Labute approximate surface area is 119 Å². The van der Waals surface area contributed by atoms with Crippen molar-refractivity contribution in [2.45, 2.75) is 32.4 Å². The van der Waals surface area contributed by atoms with Gasteiger partial charge in [0, 0.05) is 11.6 Å². The van der Waals surface area contributed by atoms with Crippen molar-refractivity contribution in [3.63, 3.8) is 0 Å². The maximum atomic E-state index is 12.1. The van der Waals surface area contributed by atoms with Crippen molar-refractivity contribution in [2.75, 3.05) is 18.0 Å². The number of ether oxygens (including phenoxy) is 1. The molecule has 2 aliphatic heterocycles. The number of cyclic esters (lactones) is 1. The predicted octanol–water partition coefficient (Wildman–Crippen LogP) is 2.63. The number of fused-ring (bicyclic) bond motifs is 1. The molecule has 0 atom stereocenters. The van der Waals surface area contributed by atoms with Crippen molar-refractivity contribution in [1.82, 2.24) is 5.32 Å². The minimum absolute atomic E-state index is 0. The highest BCUT2D eigenvalue weighted by molar-refractivity contribution is 5.92. The molecule has 1 amide bonds. The van der Waals surface area contributed by atoms with Gasteiger partial charge in [0.05, 0.1) is 5.69 Å². The van der Waals surface area contributed by atoms with Gasteiger partial charge in [-0.15, -0.1) is 12.4 Å². The van der Waals surface area contributed by atoms with Crippen LogP contribution in [0.25, 0.3) is 0 Å². The van der Waals surface area contributed by atoms with E-state index in [9.17, 15) is 4.79 Å². The van der Waals surface area contributed by atoms with Crippen LogP contribution in [-0.2, 0) is 11.3 Å². The molecule has 1 N–H and O–H groups in total. The zero-order valence-corrected chi connectivity index (χ0v) is 11.8. The standard InChI is InChI=1S/C14H18N2O2.ClH/c1-10-3-2-4-11-9-18-14(17)16(13(10)11)12-5-7-15-8-6-12;/h2-4,12,15H,5-9H2,1H3;1H. The number of anilines is 1. The molecule has 0 aromatic heterocycles. The van der Waals surface area contributed by atoms with E-state index in [0.717, 1.165) is 42.7 Å². The molecule has 0 radical (unpaired) electrons. The average Bonchev–Trinajstić information content (AvgIpc) is 2.40. The maximum absolute atomic E-state index is 12.1. The lowest BCUT2D eigenvalue weighted by atomic mass is 10.00. The summed E-state index contributed by atoms with van der Waals surface area (Å²) in [4.78, 5) is 14.0. The van der Waals surface area contributed by atoms with E-state index < -0.39 is 0 Å². The van der Waals surface area contributed by atoms with Gasteiger partial charge in [-0.2, -0.15) is 0 Å². The summed E-state index contributed by atoms with van der Waals surface area (Å²) in [5.41, 5.74) is 3.34. The summed E-state index contributed by atoms with van der Waals surface area (Å²) < 4.78 is 5.29. The van der Waals surface area contributed by atoms with Crippen LogP contribution in [0.1, 0.15) is 24.0 Å². The Morgan fingerprint density at radius 1 is 1.32 bits per heavy atom. The van der Waals surface area contributed by atoms with Crippen LogP contribution in [0.3, 0.4) is 0 Å². The van der Waals surface area contributed by atoms with Crippen LogP contribution < -0.4 is 10.2 Å². The summed E-state index contributed by atoms with van der Waals surface area (Å²) in [5.74, 6) is 0. The van der Waals surface area contributed by atoms with Crippen molar-refractivity contribution < 1.29 is 9.53 Å². The van der Waals surface area contributed by atoms with Crippen molar-refractivity contribution in [3.8, 4) is 0 Å². The zero-order chi connectivity index (χ0) is 12.5. The lowest BCUT2D eigenvalue weighted by Gasteiger charge is -2.38. The molecule has 0 spiro atoms. The SMILES string of the molecule is Cc1cccc2c1N(C1CCNCC1)C(=O)OC2.Cl. The predicted molar refractivity (Wildman–Crippen MR) is 77.0 cm³/mol. The number of amides is 1.